The first-order valence-corrected chi connectivity index (χ1v) is 7.67. The fraction of sp³-hybridized carbons (Fsp3) is 0.714. The number of hydrogen-bond acceptors (Lipinski definition) is 4. The summed E-state index contributed by atoms with van der Waals surface area (Å²) < 4.78 is 0. The number of nitrogens with two attached hydrogens (primary N) is 1. The molecule has 0 amide bonds. The smallest absolute Gasteiger partial charge is 0.0593 e. The lowest BCUT2D eigenvalue weighted by Gasteiger charge is -2.36. The number of nitrogens with zero attached hydrogens (tertiary/aromatic N) is 2. The van der Waals surface area contributed by atoms with E-state index in [1.165, 1.54) is 24.3 Å². The zero-order chi connectivity index (χ0) is 13.1. The highest BCUT2D eigenvalue weighted by molar-refractivity contribution is 7.10. The van der Waals surface area contributed by atoms with E-state index in [1.807, 2.05) is 11.3 Å². The summed E-state index contributed by atoms with van der Waals surface area (Å²) in [5, 5.41) is 2.15. The van der Waals surface area contributed by atoms with Crippen LogP contribution in [-0.2, 0) is 0 Å². The molecule has 3 nitrogen and oxygen atoms in total. The minimum atomic E-state index is 0.186. The molecule has 1 saturated heterocycles. The molecule has 4 heteroatoms. The van der Waals surface area contributed by atoms with Gasteiger partial charge < -0.3 is 10.6 Å². The molecule has 18 heavy (non-hydrogen) atoms. The minimum Gasteiger partial charge on any atom is -0.326 e. The first-order valence-electron chi connectivity index (χ1n) is 6.79. The number of likely N-dealkylation sites (N-methyl/N-ethyl adjacent to an activating group) is 1. The lowest BCUT2D eigenvalue weighted by atomic mass is 10.1. The molecule has 0 aromatic carbocycles. The zero-order valence-electron chi connectivity index (χ0n) is 11.7. The minimum absolute atomic E-state index is 0.186. The van der Waals surface area contributed by atoms with Gasteiger partial charge in [0, 0.05) is 23.5 Å². The summed E-state index contributed by atoms with van der Waals surface area (Å²) in [5.74, 6) is 0. The molecule has 1 fully saturated rings. The first kappa shape index (κ1) is 14.0. The van der Waals surface area contributed by atoms with Crippen molar-refractivity contribution in [3.63, 3.8) is 0 Å². The number of thiophene rings is 1. The highest BCUT2D eigenvalue weighted by Crippen LogP contribution is 2.33. The second-order valence-corrected chi connectivity index (χ2v) is 6.59. The largest absolute Gasteiger partial charge is 0.326 e. The topological polar surface area (TPSA) is 32.5 Å². The maximum Gasteiger partial charge on any atom is 0.0593 e. The predicted octanol–water partition coefficient (Wildman–Crippen LogP) is 2.16. The van der Waals surface area contributed by atoms with Crippen LogP contribution in [0.2, 0.25) is 0 Å². The third-order valence-electron chi connectivity index (χ3n) is 3.69. The van der Waals surface area contributed by atoms with Gasteiger partial charge in [-0.25, -0.2) is 0 Å². The van der Waals surface area contributed by atoms with Crippen LogP contribution in [0.1, 0.15) is 30.7 Å². The summed E-state index contributed by atoms with van der Waals surface area (Å²) in [5.41, 5.74) is 6.25. The standard InChI is InChI=1S/C14H25N3S/c1-11(15)14(13-7-5-9-18-13)17-8-4-6-12(17)10-16(2)3/h5,7,9,11-12,14H,4,6,8,10,15H2,1-3H3. The molecule has 0 bridgehead atoms. The zero-order valence-corrected chi connectivity index (χ0v) is 12.5. The van der Waals surface area contributed by atoms with E-state index in [1.54, 1.807) is 0 Å². The van der Waals surface area contributed by atoms with Crippen LogP contribution in [0, 0.1) is 0 Å². The molecule has 0 spiro atoms. The Kier molecular flexibility index (Phi) is 4.78. The van der Waals surface area contributed by atoms with Crippen molar-refractivity contribution in [2.75, 3.05) is 27.2 Å². The Labute approximate surface area is 115 Å². The normalized spacial score (nSPS) is 24.6. The molecule has 3 atom stereocenters. The van der Waals surface area contributed by atoms with Crippen LogP contribution in [0.5, 0.6) is 0 Å². The highest BCUT2D eigenvalue weighted by atomic mass is 32.1. The average Bonchev–Trinajstić information content (AvgIpc) is 2.90. The van der Waals surface area contributed by atoms with Crippen LogP contribution >= 0.6 is 11.3 Å². The van der Waals surface area contributed by atoms with E-state index >= 15 is 0 Å². The molecular weight excluding hydrogens is 242 g/mol. The van der Waals surface area contributed by atoms with Crippen LogP contribution in [0.25, 0.3) is 0 Å². The molecule has 0 saturated carbocycles. The van der Waals surface area contributed by atoms with Crippen molar-refractivity contribution in [3.05, 3.63) is 22.4 Å². The van der Waals surface area contributed by atoms with Gasteiger partial charge in [0.25, 0.3) is 0 Å². The quantitative estimate of drug-likeness (QED) is 0.887. The van der Waals surface area contributed by atoms with Crippen molar-refractivity contribution in [3.8, 4) is 0 Å². The Bertz CT molecular complexity index is 348. The monoisotopic (exact) mass is 267 g/mol. The van der Waals surface area contributed by atoms with Gasteiger partial charge in [-0.15, -0.1) is 11.3 Å². The van der Waals surface area contributed by atoms with Crippen LogP contribution in [0.4, 0.5) is 0 Å². The number of likely N-dealkylation sites (tertiary alicyclic amines) is 1. The summed E-state index contributed by atoms with van der Waals surface area (Å²) in [7, 11) is 4.31. The van der Waals surface area contributed by atoms with E-state index in [0.29, 0.717) is 12.1 Å². The lowest BCUT2D eigenvalue weighted by molar-refractivity contribution is 0.139. The molecule has 2 rings (SSSR count). The average molecular weight is 267 g/mol. The van der Waals surface area contributed by atoms with Gasteiger partial charge in [0.05, 0.1) is 6.04 Å². The van der Waals surface area contributed by atoms with Crippen molar-refractivity contribution >= 4 is 11.3 Å². The van der Waals surface area contributed by atoms with Crippen LogP contribution < -0.4 is 5.73 Å². The van der Waals surface area contributed by atoms with Gasteiger partial charge in [0.2, 0.25) is 0 Å². The summed E-state index contributed by atoms with van der Waals surface area (Å²) >= 11 is 1.83. The summed E-state index contributed by atoms with van der Waals surface area (Å²) in [6.07, 6.45) is 2.60. The molecule has 1 aromatic heterocycles. The first-order chi connectivity index (χ1) is 8.59. The van der Waals surface area contributed by atoms with Gasteiger partial charge in [-0.2, -0.15) is 0 Å². The molecule has 2 N–H and O–H groups in total. The Hall–Kier alpha value is -0.420. The summed E-state index contributed by atoms with van der Waals surface area (Å²) in [4.78, 5) is 6.32. The van der Waals surface area contributed by atoms with E-state index in [9.17, 15) is 0 Å². The second-order valence-electron chi connectivity index (χ2n) is 5.62. The van der Waals surface area contributed by atoms with Gasteiger partial charge in [0.1, 0.15) is 0 Å². The molecule has 1 aromatic rings. The molecule has 3 unspecified atom stereocenters. The van der Waals surface area contributed by atoms with Gasteiger partial charge in [0.15, 0.2) is 0 Å². The van der Waals surface area contributed by atoms with E-state index < -0.39 is 0 Å². The fourth-order valence-electron chi connectivity index (χ4n) is 3.03. The van der Waals surface area contributed by atoms with Crippen molar-refractivity contribution < 1.29 is 0 Å². The Morgan fingerprint density at radius 1 is 1.56 bits per heavy atom. The van der Waals surface area contributed by atoms with Crippen molar-refractivity contribution in [2.24, 2.45) is 5.73 Å². The third-order valence-corrected chi connectivity index (χ3v) is 4.63. The number of rotatable bonds is 5. The maximum absolute atomic E-state index is 6.25. The second kappa shape index (κ2) is 6.15. The lowest BCUT2D eigenvalue weighted by Crippen LogP contribution is -2.45. The van der Waals surface area contributed by atoms with E-state index in [4.69, 9.17) is 5.73 Å². The van der Waals surface area contributed by atoms with Crippen LogP contribution in [0.3, 0.4) is 0 Å². The molecule has 0 aliphatic carbocycles. The summed E-state index contributed by atoms with van der Waals surface area (Å²) in [6.45, 7) is 4.45. The van der Waals surface area contributed by atoms with Crippen LogP contribution in [-0.4, -0.2) is 49.1 Å². The Morgan fingerprint density at radius 2 is 2.33 bits per heavy atom. The SMILES string of the molecule is CC(N)C(c1cccs1)N1CCCC1CN(C)C. The van der Waals surface area contributed by atoms with Crippen LogP contribution in [0.15, 0.2) is 17.5 Å². The molecule has 102 valence electrons. The van der Waals surface area contributed by atoms with Gasteiger partial charge in [-0.3, -0.25) is 4.90 Å². The predicted molar refractivity (Wildman–Crippen MR) is 79.0 cm³/mol. The fourth-order valence-corrected chi connectivity index (χ4v) is 3.99. The van der Waals surface area contributed by atoms with E-state index in [2.05, 4.69) is 48.3 Å². The molecular formula is C14H25N3S. The third kappa shape index (κ3) is 3.12. The van der Waals surface area contributed by atoms with Gasteiger partial charge in [-0.05, 0) is 51.9 Å². The van der Waals surface area contributed by atoms with Gasteiger partial charge >= 0.3 is 0 Å². The highest BCUT2D eigenvalue weighted by Gasteiger charge is 2.34. The van der Waals surface area contributed by atoms with Crippen molar-refractivity contribution in [1.29, 1.82) is 0 Å². The van der Waals surface area contributed by atoms with E-state index in [0.717, 1.165) is 6.54 Å². The summed E-state index contributed by atoms with van der Waals surface area (Å²) in [6, 6.07) is 5.58. The molecule has 1 aliphatic rings. The molecule has 0 radical (unpaired) electrons. The van der Waals surface area contributed by atoms with E-state index in [-0.39, 0.29) is 6.04 Å². The van der Waals surface area contributed by atoms with Gasteiger partial charge in [-0.1, -0.05) is 6.07 Å². The Balaban J connectivity index is 2.15. The molecule has 1 aliphatic heterocycles. The van der Waals surface area contributed by atoms with Crippen molar-refractivity contribution in [2.45, 2.75) is 37.9 Å². The molecule has 2 heterocycles. The number of hydrogen-bond donors (Lipinski definition) is 1. The maximum atomic E-state index is 6.25. The van der Waals surface area contributed by atoms with Crippen molar-refractivity contribution in [1.82, 2.24) is 9.80 Å². The Morgan fingerprint density at radius 3 is 2.89 bits per heavy atom.